The number of aromatic nitrogens is 1. The molecule has 0 radical (unpaired) electrons. The fourth-order valence-corrected chi connectivity index (χ4v) is 3.78. The average Bonchev–Trinajstić information content (AvgIpc) is 2.88. The highest BCUT2D eigenvalue weighted by atomic mass is 35.5. The van der Waals surface area contributed by atoms with Gasteiger partial charge in [0.15, 0.2) is 0 Å². The summed E-state index contributed by atoms with van der Waals surface area (Å²) in [6.07, 6.45) is -2.70. The summed E-state index contributed by atoms with van der Waals surface area (Å²) in [4.78, 5) is 18.3. The molecular weight excluding hydrogens is 412 g/mol. The summed E-state index contributed by atoms with van der Waals surface area (Å²) in [5, 5.41) is 6.32. The maximum absolute atomic E-state index is 13.3. The molecule has 0 aliphatic carbocycles. The largest absolute Gasteiger partial charge is 0.405 e. The maximum Gasteiger partial charge on any atom is 0.405 e. The fourth-order valence-electron chi connectivity index (χ4n) is 2.70. The molecule has 1 aromatic rings. The molecule has 0 bridgehead atoms. The van der Waals surface area contributed by atoms with Gasteiger partial charge in [-0.1, -0.05) is 6.92 Å². The van der Waals surface area contributed by atoms with Crippen LogP contribution in [0.15, 0.2) is 0 Å². The molecule has 1 aliphatic rings. The van der Waals surface area contributed by atoms with Crippen molar-refractivity contribution < 1.29 is 18.0 Å². The number of hydrogen-bond acceptors (Lipinski definition) is 5. The minimum atomic E-state index is -4.37. The predicted molar refractivity (Wildman–Crippen MR) is 102 cm³/mol. The van der Waals surface area contributed by atoms with Gasteiger partial charge < -0.3 is 10.6 Å². The van der Waals surface area contributed by atoms with Gasteiger partial charge in [-0.25, -0.2) is 4.98 Å². The SMILES string of the molecule is CCCc1nc(C)c(C(=O)NCC(N2CCNCC2)C(F)(F)F)s1.Cl.Cl. The van der Waals surface area contributed by atoms with Gasteiger partial charge in [0.2, 0.25) is 0 Å². The molecule has 2 heterocycles. The van der Waals surface area contributed by atoms with Crippen LogP contribution < -0.4 is 10.6 Å². The molecule has 1 aliphatic heterocycles. The number of halogens is 5. The van der Waals surface area contributed by atoms with Gasteiger partial charge in [0.05, 0.1) is 10.7 Å². The van der Waals surface area contributed by atoms with E-state index in [1.807, 2.05) is 6.92 Å². The Morgan fingerprint density at radius 2 is 1.96 bits per heavy atom. The van der Waals surface area contributed by atoms with Crippen molar-refractivity contribution in [1.29, 1.82) is 0 Å². The number of carbonyl (C=O) groups is 1. The summed E-state index contributed by atoms with van der Waals surface area (Å²) in [7, 11) is 0. The third-order valence-electron chi connectivity index (χ3n) is 3.94. The van der Waals surface area contributed by atoms with E-state index in [0.29, 0.717) is 36.8 Å². The number of piperazine rings is 1. The molecule has 0 saturated carbocycles. The van der Waals surface area contributed by atoms with Crippen LogP contribution in [0.4, 0.5) is 13.2 Å². The standard InChI is InChI=1S/C15H23F3N4OS.2ClH/c1-3-4-12-21-10(2)13(24-12)14(23)20-9-11(15(16,17)18)22-7-5-19-6-8-22;;/h11,19H,3-9H2,1-2H3,(H,20,23);2*1H. The zero-order valence-corrected chi connectivity index (χ0v) is 17.1. The lowest BCUT2D eigenvalue weighted by Crippen LogP contribution is -2.57. The average molecular weight is 437 g/mol. The Labute approximate surface area is 167 Å². The second-order valence-corrected chi connectivity index (χ2v) is 6.91. The lowest BCUT2D eigenvalue weighted by atomic mass is 10.2. The first-order chi connectivity index (χ1) is 11.3. The van der Waals surface area contributed by atoms with E-state index in [9.17, 15) is 18.0 Å². The van der Waals surface area contributed by atoms with Crippen molar-refractivity contribution in [2.24, 2.45) is 0 Å². The Morgan fingerprint density at radius 1 is 1.35 bits per heavy atom. The number of carbonyl (C=O) groups excluding carboxylic acids is 1. The molecule has 0 aromatic carbocycles. The molecule has 0 spiro atoms. The summed E-state index contributed by atoms with van der Waals surface area (Å²) in [6.45, 7) is 4.97. The van der Waals surface area contributed by atoms with Gasteiger partial charge in [0.1, 0.15) is 10.9 Å². The van der Waals surface area contributed by atoms with E-state index in [1.54, 1.807) is 6.92 Å². The molecule has 2 N–H and O–H groups in total. The molecule has 1 fully saturated rings. The number of hydrogen-bond donors (Lipinski definition) is 2. The van der Waals surface area contributed by atoms with Crippen LogP contribution in [0.5, 0.6) is 0 Å². The summed E-state index contributed by atoms with van der Waals surface area (Å²) in [5.74, 6) is -0.475. The number of amides is 1. The van der Waals surface area contributed by atoms with Crippen molar-refractivity contribution in [3.05, 3.63) is 15.6 Å². The molecule has 1 aromatic heterocycles. The van der Waals surface area contributed by atoms with Gasteiger partial charge in [-0.15, -0.1) is 36.2 Å². The van der Waals surface area contributed by atoms with Crippen LogP contribution >= 0.6 is 36.2 Å². The zero-order chi connectivity index (χ0) is 17.7. The quantitative estimate of drug-likeness (QED) is 0.719. The van der Waals surface area contributed by atoms with Crippen LogP contribution in [0, 0.1) is 6.92 Å². The Morgan fingerprint density at radius 3 is 2.50 bits per heavy atom. The van der Waals surface area contributed by atoms with Gasteiger partial charge in [0, 0.05) is 32.7 Å². The van der Waals surface area contributed by atoms with Crippen LogP contribution in [0.2, 0.25) is 0 Å². The topological polar surface area (TPSA) is 57.3 Å². The molecule has 11 heteroatoms. The Bertz CT molecular complexity index is 566. The molecular formula is C15H25Cl2F3N4OS. The van der Waals surface area contributed by atoms with Crippen molar-refractivity contribution in [2.75, 3.05) is 32.7 Å². The zero-order valence-electron chi connectivity index (χ0n) is 14.7. The summed E-state index contributed by atoms with van der Waals surface area (Å²) in [5.41, 5.74) is 0.576. The van der Waals surface area contributed by atoms with Crippen LogP contribution in [-0.2, 0) is 6.42 Å². The van der Waals surface area contributed by atoms with E-state index >= 15 is 0 Å². The van der Waals surface area contributed by atoms with E-state index in [1.165, 1.54) is 16.2 Å². The Kier molecular flexibility index (Phi) is 11.0. The Hall–Kier alpha value is -0.610. The van der Waals surface area contributed by atoms with Crippen LogP contribution in [0.1, 0.15) is 33.7 Å². The van der Waals surface area contributed by atoms with Crippen molar-refractivity contribution in [2.45, 2.75) is 38.9 Å². The van der Waals surface area contributed by atoms with E-state index in [-0.39, 0.29) is 24.8 Å². The summed E-state index contributed by atoms with van der Waals surface area (Å²) >= 11 is 1.26. The van der Waals surface area contributed by atoms with Crippen molar-refractivity contribution in [3.63, 3.8) is 0 Å². The smallest absolute Gasteiger partial charge is 0.349 e. The first-order valence-corrected chi connectivity index (χ1v) is 8.90. The van der Waals surface area contributed by atoms with Crippen LogP contribution in [0.25, 0.3) is 0 Å². The number of aryl methyl sites for hydroxylation is 2. The summed E-state index contributed by atoms with van der Waals surface area (Å²) in [6, 6.07) is -1.66. The first kappa shape index (κ1) is 25.4. The van der Waals surface area contributed by atoms with Crippen molar-refractivity contribution >= 4 is 42.1 Å². The van der Waals surface area contributed by atoms with E-state index < -0.39 is 24.7 Å². The molecule has 26 heavy (non-hydrogen) atoms. The van der Waals surface area contributed by atoms with Gasteiger partial charge in [-0.05, 0) is 19.8 Å². The highest BCUT2D eigenvalue weighted by molar-refractivity contribution is 7.13. The highest BCUT2D eigenvalue weighted by Crippen LogP contribution is 2.25. The number of nitrogens with one attached hydrogen (secondary N) is 2. The van der Waals surface area contributed by atoms with Gasteiger partial charge in [-0.2, -0.15) is 13.2 Å². The van der Waals surface area contributed by atoms with E-state index in [4.69, 9.17) is 0 Å². The second-order valence-electron chi connectivity index (χ2n) is 5.83. The Balaban J connectivity index is 0.00000312. The lowest BCUT2D eigenvalue weighted by molar-refractivity contribution is -0.183. The number of nitrogens with zero attached hydrogens (tertiary/aromatic N) is 2. The van der Waals surface area contributed by atoms with Gasteiger partial charge in [-0.3, -0.25) is 9.69 Å². The molecule has 2 rings (SSSR count). The van der Waals surface area contributed by atoms with Crippen LogP contribution in [0.3, 0.4) is 0 Å². The molecule has 1 unspecified atom stereocenters. The van der Waals surface area contributed by atoms with Crippen LogP contribution in [-0.4, -0.2) is 60.7 Å². The predicted octanol–water partition coefficient (Wildman–Crippen LogP) is 2.81. The molecule has 5 nitrogen and oxygen atoms in total. The first-order valence-electron chi connectivity index (χ1n) is 8.09. The monoisotopic (exact) mass is 436 g/mol. The second kappa shape index (κ2) is 11.3. The van der Waals surface area contributed by atoms with Gasteiger partial charge >= 0.3 is 6.18 Å². The normalized spacial score (nSPS) is 16.3. The van der Waals surface area contributed by atoms with Gasteiger partial charge in [0.25, 0.3) is 5.91 Å². The minimum absolute atomic E-state index is 0. The third-order valence-corrected chi connectivity index (χ3v) is 5.15. The van der Waals surface area contributed by atoms with E-state index in [2.05, 4.69) is 15.6 Å². The molecule has 152 valence electrons. The minimum Gasteiger partial charge on any atom is -0.349 e. The highest BCUT2D eigenvalue weighted by Gasteiger charge is 2.43. The van der Waals surface area contributed by atoms with Crippen molar-refractivity contribution in [1.82, 2.24) is 20.5 Å². The molecule has 1 atom stereocenters. The fraction of sp³-hybridized carbons (Fsp3) is 0.733. The number of alkyl halides is 3. The number of rotatable bonds is 6. The van der Waals surface area contributed by atoms with E-state index in [0.717, 1.165) is 17.8 Å². The number of thiazole rings is 1. The molecule has 1 amide bonds. The molecule has 1 saturated heterocycles. The summed E-state index contributed by atoms with van der Waals surface area (Å²) < 4.78 is 40.0. The van der Waals surface area contributed by atoms with Crippen molar-refractivity contribution in [3.8, 4) is 0 Å². The third kappa shape index (κ3) is 6.84. The maximum atomic E-state index is 13.3. The lowest BCUT2D eigenvalue weighted by Gasteiger charge is -2.35.